The summed E-state index contributed by atoms with van der Waals surface area (Å²) in [6.45, 7) is 2.35. The van der Waals surface area contributed by atoms with Crippen molar-refractivity contribution < 1.29 is 9.90 Å². The fourth-order valence-corrected chi connectivity index (χ4v) is 2.43. The highest BCUT2D eigenvalue weighted by Crippen LogP contribution is 2.19. The van der Waals surface area contributed by atoms with Gasteiger partial charge in [0, 0.05) is 6.54 Å². The first kappa shape index (κ1) is 20.2. The van der Waals surface area contributed by atoms with Crippen molar-refractivity contribution in [1.82, 2.24) is 20.6 Å². The summed E-state index contributed by atoms with van der Waals surface area (Å²) in [5.74, 6) is -0.818. The normalized spacial score (nSPS) is 10.4. The van der Waals surface area contributed by atoms with E-state index in [4.69, 9.17) is 28.5 Å². The molecule has 0 radical (unpaired) electrons. The standard InChI is InChI=1S/C17H22ClN7O2/c1-9-5-6-10(8-11(9)26)4-2-3-7-22-17(21)25-16(27)12-14(19)24-15(20)13(18)23-12/h5-6,8,26H,2-4,7H2,1H3,(H4,19,20,24)(H3,21,22,25,27). The molecule has 1 aromatic carbocycles. The highest BCUT2D eigenvalue weighted by molar-refractivity contribution is 6.31. The summed E-state index contributed by atoms with van der Waals surface area (Å²) in [4.78, 5) is 19.6. The van der Waals surface area contributed by atoms with E-state index in [0.29, 0.717) is 12.3 Å². The molecule has 0 aliphatic heterocycles. The number of guanidine groups is 1. The number of hydrogen-bond acceptors (Lipinski definition) is 7. The van der Waals surface area contributed by atoms with Gasteiger partial charge in [0.25, 0.3) is 5.91 Å². The van der Waals surface area contributed by atoms with Crippen LogP contribution >= 0.6 is 11.6 Å². The largest absolute Gasteiger partial charge is 0.508 e. The molecule has 0 fully saturated rings. The van der Waals surface area contributed by atoms with E-state index in [1.807, 2.05) is 19.1 Å². The number of phenols is 1. The zero-order valence-corrected chi connectivity index (χ0v) is 15.6. The van der Waals surface area contributed by atoms with Crippen molar-refractivity contribution in [3.8, 4) is 5.75 Å². The van der Waals surface area contributed by atoms with Gasteiger partial charge in [-0.2, -0.15) is 0 Å². The number of aromatic nitrogens is 2. The monoisotopic (exact) mass is 391 g/mol. The number of anilines is 2. The number of nitrogen functional groups attached to an aromatic ring is 2. The lowest BCUT2D eigenvalue weighted by Gasteiger charge is -2.10. The molecule has 2 rings (SSSR count). The van der Waals surface area contributed by atoms with Crippen molar-refractivity contribution in [2.24, 2.45) is 0 Å². The van der Waals surface area contributed by atoms with Crippen molar-refractivity contribution in [1.29, 1.82) is 5.41 Å². The number of halogens is 1. The highest BCUT2D eigenvalue weighted by atomic mass is 35.5. The first-order valence-electron chi connectivity index (χ1n) is 8.28. The van der Waals surface area contributed by atoms with E-state index in [0.717, 1.165) is 30.4 Å². The number of nitrogens with zero attached hydrogens (tertiary/aromatic N) is 2. The molecule has 0 unspecified atom stereocenters. The minimum Gasteiger partial charge on any atom is -0.508 e. The van der Waals surface area contributed by atoms with E-state index in [1.54, 1.807) is 6.07 Å². The van der Waals surface area contributed by atoms with Gasteiger partial charge in [0.1, 0.15) is 5.75 Å². The molecular weight excluding hydrogens is 370 g/mol. The number of nitrogens with two attached hydrogens (primary N) is 2. The third-order valence-electron chi connectivity index (χ3n) is 3.83. The molecule has 0 bridgehead atoms. The first-order chi connectivity index (χ1) is 12.8. The Morgan fingerprint density at radius 2 is 2.00 bits per heavy atom. The lowest BCUT2D eigenvalue weighted by Crippen LogP contribution is -2.41. The van der Waals surface area contributed by atoms with Crippen molar-refractivity contribution >= 4 is 35.1 Å². The number of phenolic OH excluding ortho intramolecular Hbond substituents is 1. The summed E-state index contributed by atoms with van der Waals surface area (Å²) < 4.78 is 0. The minimum atomic E-state index is -0.700. The molecule has 0 saturated carbocycles. The van der Waals surface area contributed by atoms with Gasteiger partial charge in [-0.25, -0.2) is 9.97 Å². The van der Waals surface area contributed by atoms with Crippen LogP contribution in [0, 0.1) is 12.3 Å². The van der Waals surface area contributed by atoms with E-state index in [1.165, 1.54) is 0 Å². The second-order valence-electron chi connectivity index (χ2n) is 5.97. The van der Waals surface area contributed by atoms with Gasteiger partial charge in [-0.05, 0) is 43.4 Å². The Kier molecular flexibility index (Phi) is 6.78. The smallest absolute Gasteiger partial charge is 0.280 e. The number of carbonyl (C=O) groups excluding carboxylic acids is 1. The zero-order chi connectivity index (χ0) is 20.0. The van der Waals surface area contributed by atoms with Gasteiger partial charge in [0.05, 0.1) is 0 Å². The fraction of sp³-hybridized carbons (Fsp3) is 0.294. The number of unbranched alkanes of at least 4 members (excludes halogenated alkanes) is 1. The lowest BCUT2D eigenvalue weighted by atomic mass is 10.1. The van der Waals surface area contributed by atoms with Crippen LogP contribution in [0.5, 0.6) is 5.75 Å². The summed E-state index contributed by atoms with van der Waals surface area (Å²) in [5.41, 5.74) is 12.8. The van der Waals surface area contributed by atoms with Crippen LogP contribution in [-0.4, -0.2) is 33.5 Å². The van der Waals surface area contributed by atoms with Crippen LogP contribution < -0.4 is 22.1 Å². The number of aromatic hydroxyl groups is 1. The minimum absolute atomic E-state index is 0.0687. The topological polar surface area (TPSA) is 163 Å². The number of rotatable bonds is 6. The Morgan fingerprint density at radius 1 is 1.26 bits per heavy atom. The summed E-state index contributed by atoms with van der Waals surface area (Å²) in [6, 6.07) is 5.62. The van der Waals surface area contributed by atoms with E-state index in [2.05, 4.69) is 20.6 Å². The first-order valence-corrected chi connectivity index (χ1v) is 8.66. The Hall–Kier alpha value is -3.07. The fourth-order valence-electron chi connectivity index (χ4n) is 2.30. The Morgan fingerprint density at radius 3 is 2.70 bits per heavy atom. The van der Waals surface area contributed by atoms with Crippen LogP contribution in [-0.2, 0) is 6.42 Å². The molecule has 2 aromatic rings. The lowest BCUT2D eigenvalue weighted by molar-refractivity contribution is 0.0971. The molecule has 8 N–H and O–H groups in total. The van der Waals surface area contributed by atoms with Crippen LogP contribution in [0.15, 0.2) is 18.2 Å². The molecule has 1 heterocycles. The van der Waals surface area contributed by atoms with Crippen LogP contribution in [0.1, 0.15) is 34.5 Å². The number of hydrogen-bond donors (Lipinski definition) is 6. The Balaban J connectivity index is 1.73. The second kappa shape index (κ2) is 9.04. The maximum absolute atomic E-state index is 12.1. The molecule has 0 atom stereocenters. The number of amides is 1. The van der Waals surface area contributed by atoms with Gasteiger partial charge in [0.15, 0.2) is 28.4 Å². The quantitative estimate of drug-likeness (QED) is 0.247. The summed E-state index contributed by atoms with van der Waals surface area (Å²) in [6.07, 6.45) is 2.45. The van der Waals surface area contributed by atoms with Crippen LogP contribution in [0.25, 0.3) is 0 Å². The molecule has 0 saturated heterocycles. The van der Waals surface area contributed by atoms with Crippen LogP contribution in [0.3, 0.4) is 0 Å². The van der Waals surface area contributed by atoms with E-state index < -0.39 is 5.91 Å². The molecule has 0 aliphatic rings. The zero-order valence-electron chi connectivity index (χ0n) is 14.8. The number of benzene rings is 1. The van der Waals surface area contributed by atoms with Crippen molar-refractivity contribution in [2.75, 3.05) is 18.0 Å². The number of nitrogens with one attached hydrogen (secondary N) is 3. The summed E-state index contributed by atoms with van der Waals surface area (Å²) in [5, 5.41) is 22.4. The van der Waals surface area contributed by atoms with Gasteiger partial charge >= 0.3 is 0 Å². The molecule has 27 heavy (non-hydrogen) atoms. The SMILES string of the molecule is Cc1ccc(CCCCNC(=N)NC(=O)c2nc(Cl)c(N)nc2N)cc1O. The maximum Gasteiger partial charge on any atom is 0.280 e. The number of aryl methyl sites for hydroxylation is 2. The molecule has 144 valence electrons. The maximum atomic E-state index is 12.1. The van der Waals surface area contributed by atoms with Crippen molar-refractivity contribution in [3.63, 3.8) is 0 Å². The van der Waals surface area contributed by atoms with Gasteiger partial charge in [-0.3, -0.25) is 15.5 Å². The molecule has 0 spiro atoms. The molecule has 1 aromatic heterocycles. The summed E-state index contributed by atoms with van der Waals surface area (Å²) in [7, 11) is 0. The van der Waals surface area contributed by atoms with Gasteiger partial charge in [-0.1, -0.05) is 23.7 Å². The van der Waals surface area contributed by atoms with Crippen molar-refractivity contribution in [2.45, 2.75) is 26.2 Å². The second-order valence-corrected chi connectivity index (χ2v) is 6.33. The predicted molar refractivity (Wildman–Crippen MR) is 105 cm³/mol. The third-order valence-corrected chi connectivity index (χ3v) is 4.10. The van der Waals surface area contributed by atoms with Gasteiger partial charge < -0.3 is 21.9 Å². The molecular formula is C17H22ClN7O2. The van der Waals surface area contributed by atoms with Crippen molar-refractivity contribution in [3.05, 3.63) is 40.2 Å². The number of carbonyl (C=O) groups is 1. The van der Waals surface area contributed by atoms with Gasteiger partial charge in [-0.15, -0.1) is 0 Å². The van der Waals surface area contributed by atoms with E-state index in [9.17, 15) is 9.90 Å². The summed E-state index contributed by atoms with van der Waals surface area (Å²) >= 11 is 5.73. The molecule has 0 aliphatic carbocycles. The Labute approximate surface area is 161 Å². The molecule has 9 nitrogen and oxygen atoms in total. The third kappa shape index (κ3) is 5.71. The average molecular weight is 392 g/mol. The predicted octanol–water partition coefficient (Wildman–Crippen LogP) is 1.59. The average Bonchev–Trinajstić information content (AvgIpc) is 2.60. The van der Waals surface area contributed by atoms with Gasteiger partial charge in [0.2, 0.25) is 0 Å². The molecule has 1 amide bonds. The van der Waals surface area contributed by atoms with Crippen LogP contribution in [0.4, 0.5) is 11.6 Å². The van der Waals surface area contributed by atoms with E-state index in [-0.39, 0.29) is 28.4 Å². The molecule has 10 heteroatoms. The van der Waals surface area contributed by atoms with Crippen LogP contribution in [0.2, 0.25) is 5.15 Å². The Bertz CT molecular complexity index is 857. The van der Waals surface area contributed by atoms with E-state index >= 15 is 0 Å². The highest BCUT2D eigenvalue weighted by Gasteiger charge is 2.16.